The second kappa shape index (κ2) is 2.88. The van der Waals surface area contributed by atoms with Crippen LogP contribution in [0.3, 0.4) is 0 Å². The second-order valence-corrected chi connectivity index (χ2v) is 5.60. The van der Waals surface area contributed by atoms with E-state index in [0.717, 1.165) is 16.7 Å². The number of para-hydroxylation sites is 1. The third-order valence-corrected chi connectivity index (χ3v) is 2.40. The van der Waals surface area contributed by atoms with Gasteiger partial charge in [0, 0.05) is 5.39 Å². The Bertz CT molecular complexity index is 390. The van der Waals surface area contributed by atoms with E-state index in [1.165, 1.54) is 0 Å². The summed E-state index contributed by atoms with van der Waals surface area (Å²) in [6, 6.07) is 10.1. The molecule has 0 aliphatic rings. The molecule has 68 valence electrons. The van der Waals surface area contributed by atoms with E-state index in [-0.39, 0.29) is 4.32 Å². The third-order valence-electron chi connectivity index (χ3n) is 2.01. The fourth-order valence-electron chi connectivity index (χ4n) is 1.27. The van der Waals surface area contributed by atoms with E-state index in [4.69, 9.17) is 4.42 Å². The summed E-state index contributed by atoms with van der Waals surface area (Å²) in [6.07, 6.45) is 0. The fourth-order valence-corrected chi connectivity index (χ4v) is 1.47. The molecule has 0 aliphatic carbocycles. The smallest absolute Gasteiger partial charge is 0.134 e. The molecule has 0 spiro atoms. The largest absolute Gasteiger partial charge is 0.460 e. The van der Waals surface area contributed by atoms with Gasteiger partial charge in [-0.25, -0.2) is 0 Å². The lowest BCUT2D eigenvalue weighted by molar-refractivity contribution is 0.505. The molecule has 0 unspecified atom stereocenters. The Morgan fingerprint density at radius 1 is 1.23 bits per heavy atom. The molecule has 1 aromatic carbocycles. The van der Waals surface area contributed by atoms with Crippen molar-refractivity contribution < 1.29 is 4.42 Å². The summed E-state index contributed by atoms with van der Waals surface area (Å²) in [5.74, 6) is 0.966. The van der Waals surface area contributed by atoms with Crippen LogP contribution in [0.5, 0.6) is 0 Å². The Morgan fingerprint density at radius 2 is 1.92 bits per heavy atom. The molecule has 1 heterocycles. The average Bonchev–Trinajstić information content (AvgIpc) is 2.45. The van der Waals surface area contributed by atoms with Crippen LogP contribution in [-0.2, 0) is 4.32 Å². The van der Waals surface area contributed by atoms with Crippen LogP contribution < -0.4 is 0 Å². The maximum atomic E-state index is 5.69. The van der Waals surface area contributed by atoms with Crippen LogP contribution in [0.25, 0.3) is 11.0 Å². The van der Waals surface area contributed by atoms with Crippen LogP contribution in [0.1, 0.15) is 19.6 Å². The number of hydrogen-bond acceptors (Lipinski definition) is 1. The van der Waals surface area contributed by atoms with Gasteiger partial charge in [-0.3, -0.25) is 0 Å². The first-order valence-electron chi connectivity index (χ1n) is 4.25. The van der Waals surface area contributed by atoms with Crippen molar-refractivity contribution in [2.75, 3.05) is 0 Å². The first-order chi connectivity index (χ1) is 6.07. The van der Waals surface area contributed by atoms with Gasteiger partial charge in [-0.05, 0) is 26.0 Å². The number of rotatable bonds is 1. The molecule has 0 fully saturated rings. The van der Waals surface area contributed by atoms with Crippen molar-refractivity contribution >= 4 is 26.9 Å². The van der Waals surface area contributed by atoms with E-state index in [1.54, 1.807) is 0 Å². The maximum absolute atomic E-state index is 5.69. The van der Waals surface area contributed by atoms with E-state index < -0.39 is 0 Å². The quantitative estimate of drug-likeness (QED) is 0.684. The molecule has 0 atom stereocenters. The second-order valence-electron chi connectivity index (χ2n) is 3.62. The minimum atomic E-state index is -0.0913. The van der Waals surface area contributed by atoms with Crippen molar-refractivity contribution in [1.29, 1.82) is 0 Å². The molecule has 13 heavy (non-hydrogen) atoms. The topological polar surface area (TPSA) is 13.1 Å². The molecular formula is C11H11BrO. The highest BCUT2D eigenvalue weighted by Crippen LogP contribution is 2.33. The lowest BCUT2D eigenvalue weighted by atomic mass is 10.1. The highest BCUT2D eigenvalue weighted by molar-refractivity contribution is 9.09. The minimum Gasteiger partial charge on any atom is -0.460 e. The van der Waals surface area contributed by atoms with Crippen molar-refractivity contribution in [3.63, 3.8) is 0 Å². The van der Waals surface area contributed by atoms with Crippen LogP contribution >= 0.6 is 15.9 Å². The first kappa shape index (κ1) is 8.82. The molecule has 2 aromatic rings. The molecule has 0 N–H and O–H groups in total. The van der Waals surface area contributed by atoms with E-state index in [2.05, 4.69) is 41.9 Å². The van der Waals surface area contributed by atoms with Crippen LogP contribution in [0.2, 0.25) is 0 Å². The predicted octanol–water partition coefficient (Wildman–Crippen LogP) is 4.06. The van der Waals surface area contributed by atoms with Gasteiger partial charge >= 0.3 is 0 Å². The minimum absolute atomic E-state index is 0.0913. The first-order valence-corrected chi connectivity index (χ1v) is 5.04. The summed E-state index contributed by atoms with van der Waals surface area (Å²) < 4.78 is 5.59. The SMILES string of the molecule is CC(C)(Br)c1cc2ccccc2o1. The fraction of sp³-hybridized carbons (Fsp3) is 0.273. The van der Waals surface area contributed by atoms with Crippen molar-refractivity contribution in [3.8, 4) is 0 Å². The zero-order valence-electron chi connectivity index (χ0n) is 7.67. The lowest BCUT2D eigenvalue weighted by Crippen LogP contribution is -2.03. The molecule has 0 radical (unpaired) electrons. The lowest BCUT2D eigenvalue weighted by Gasteiger charge is -2.11. The zero-order chi connectivity index (χ0) is 9.47. The molecule has 0 aliphatic heterocycles. The molecule has 2 rings (SSSR count). The van der Waals surface area contributed by atoms with Crippen LogP contribution in [0.4, 0.5) is 0 Å². The van der Waals surface area contributed by atoms with Crippen LogP contribution in [0.15, 0.2) is 34.7 Å². The van der Waals surface area contributed by atoms with Gasteiger partial charge in [-0.15, -0.1) is 0 Å². The Kier molecular flexibility index (Phi) is 1.95. The molecule has 0 saturated carbocycles. The van der Waals surface area contributed by atoms with Gasteiger partial charge in [0.05, 0.1) is 4.32 Å². The number of benzene rings is 1. The van der Waals surface area contributed by atoms with Gasteiger partial charge < -0.3 is 4.42 Å². The molecule has 1 nitrogen and oxygen atoms in total. The monoisotopic (exact) mass is 238 g/mol. The number of furan rings is 1. The van der Waals surface area contributed by atoms with Crippen LogP contribution in [-0.4, -0.2) is 0 Å². The highest BCUT2D eigenvalue weighted by Gasteiger charge is 2.20. The summed E-state index contributed by atoms with van der Waals surface area (Å²) in [6.45, 7) is 4.15. The van der Waals surface area contributed by atoms with Crippen molar-refractivity contribution in [2.24, 2.45) is 0 Å². The molecule has 2 heteroatoms. The summed E-state index contributed by atoms with van der Waals surface area (Å²) >= 11 is 3.57. The van der Waals surface area contributed by atoms with Gasteiger partial charge in [-0.2, -0.15) is 0 Å². The summed E-state index contributed by atoms with van der Waals surface area (Å²) in [7, 11) is 0. The van der Waals surface area contributed by atoms with Gasteiger partial charge in [0.1, 0.15) is 11.3 Å². The molecular weight excluding hydrogens is 228 g/mol. The molecule has 1 aromatic heterocycles. The van der Waals surface area contributed by atoms with E-state index >= 15 is 0 Å². The molecule has 0 bridgehead atoms. The maximum Gasteiger partial charge on any atom is 0.134 e. The van der Waals surface area contributed by atoms with E-state index in [9.17, 15) is 0 Å². The number of hydrogen-bond donors (Lipinski definition) is 0. The number of fused-ring (bicyclic) bond motifs is 1. The Morgan fingerprint density at radius 3 is 2.54 bits per heavy atom. The standard InChI is InChI=1S/C11H11BrO/c1-11(2,12)10-7-8-5-3-4-6-9(8)13-10/h3-7H,1-2H3. The van der Waals surface area contributed by atoms with Crippen molar-refractivity contribution in [2.45, 2.75) is 18.2 Å². The normalized spacial score (nSPS) is 12.2. The predicted molar refractivity (Wildman–Crippen MR) is 58.2 cm³/mol. The van der Waals surface area contributed by atoms with Crippen molar-refractivity contribution in [1.82, 2.24) is 0 Å². The Labute approximate surface area is 85.9 Å². The molecule has 0 amide bonds. The number of halogens is 1. The molecule has 0 saturated heterocycles. The Hall–Kier alpha value is -0.760. The van der Waals surface area contributed by atoms with E-state index in [1.807, 2.05) is 18.2 Å². The summed E-state index contributed by atoms with van der Waals surface area (Å²) in [5, 5.41) is 1.16. The average molecular weight is 239 g/mol. The van der Waals surface area contributed by atoms with Gasteiger partial charge in [0.25, 0.3) is 0 Å². The van der Waals surface area contributed by atoms with Gasteiger partial charge in [0.15, 0.2) is 0 Å². The highest BCUT2D eigenvalue weighted by atomic mass is 79.9. The third kappa shape index (κ3) is 1.63. The summed E-state index contributed by atoms with van der Waals surface area (Å²) in [5.41, 5.74) is 0.949. The van der Waals surface area contributed by atoms with Crippen LogP contribution in [0, 0.1) is 0 Å². The van der Waals surface area contributed by atoms with Gasteiger partial charge in [-0.1, -0.05) is 34.1 Å². The zero-order valence-corrected chi connectivity index (χ0v) is 9.26. The van der Waals surface area contributed by atoms with Gasteiger partial charge in [0.2, 0.25) is 0 Å². The number of alkyl halides is 1. The Balaban J connectivity index is 2.63. The van der Waals surface area contributed by atoms with E-state index in [0.29, 0.717) is 0 Å². The summed E-state index contributed by atoms with van der Waals surface area (Å²) in [4.78, 5) is 0. The van der Waals surface area contributed by atoms with Crippen molar-refractivity contribution in [3.05, 3.63) is 36.1 Å².